The van der Waals surface area contributed by atoms with Crippen LogP contribution in [-0.2, 0) is 4.79 Å². The Morgan fingerprint density at radius 1 is 1.57 bits per heavy atom. The number of nitro groups is 1. The summed E-state index contributed by atoms with van der Waals surface area (Å²) in [6.07, 6.45) is 0. The maximum atomic E-state index is 11.3. The summed E-state index contributed by atoms with van der Waals surface area (Å²) < 4.78 is 0.804. The zero-order valence-electron chi connectivity index (χ0n) is 10.9. The van der Waals surface area contributed by atoms with Gasteiger partial charge in [-0.05, 0) is 6.07 Å². The van der Waals surface area contributed by atoms with Gasteiger partial charge in [0, 0.05) is 31.8 Å². The lowest BCUT2D eigenvalue weighted by Gasteiger charge is -2.33. The molecule has 0 spiro atoms. The van der Waals surface area contributed by atoms with Crippen LogP contribution in [0, 0.1) is 10.1 Å². The summed E-state index contributed by atoms with van der Waals surface area (Å²) in [5.41, 5.74) is 0.501. The summed E-state index contributed by atoms with van der Waals surface area (Å²) in [6, 6.07) is 3.81. The van der Waals surface area contributed by atoms with E-state index in [9.17, 15) is 20.0 Å². The third kappa shape index (κ3) is 2.52. The van der Waals surface area contributed by atoms with Crippen molar-refractivity contribution in [2.75, 3.05) is 24.5 Å². The van der Waals surface area contributed by atoms with Crippen molar-refractivity contribution in [1.29, 1.82) is 0 Å². The lowest BCUT2D eigenvalue weighted by Crippen LogP contribution is -2.55. The van der Waals surface area contributed by atoms with Crippen LogP contribution in [0.4, 0.5) is 10.8 Å². The smallest absolute Gasteiger partial charge is 0.327 e. The van der Waals surface area contributed by atoms with Gasteiger partial charge in [-0.25, -0.2) is 9.78 Å². The fourth-order valence-corrected chi connectivity index (χ4v) is 3.32. The van der Waals surface area contributed by atoms with Crippen molar-refractivity contribution in [3.05, 3.63) is 28.3 Å². The van der Waals surface area contributed by atoms with E-state index in [2.05, 4.69) is 10.3 Å². The molecule has 1 unspecified atom stereocenters. The normalized spacial score (nSPS) is 18.9. The van der Waals surface area contributed by atoms with Crippen molar-refractivity contribution in [3.8, 4) is 0 Å². The van der Waals surface area contributed by atoms with Gasteiger partial charge in [0.1, 0.15) is 6.04 Å². The Morgan fingerprint density at radius 3 is 3.10 bits per heavy atom. The fraction of sp³-hybridized carbons (Fsp3) is 0.333. The molecule has 0 aliphatic carbocycles. The highest BCUT2D eigenvalue weighted by Gasteiger charge is 2.30. The lowest BCUT2D eigenvalue weighted by atomic mass is 10.2. The van der Waals surface area contributed by atoms with Crippen LogP contribution in [0.3, 0.4) is 0 Å². The first kappa shape index (κ1) is 13.7. The first-order valence-corrected chi connectivity index (χ1v) is 7.13. The number of carboxylic acid groups (broad SMARTS) is 1. The molecule has 3 rings (SSSR count). The number of nitrogens with zero attached hydrogens (tertiary/aromatic N) is 3. The SMILES string of the molecule is O=C(O)C1CNCCN1c1nc2cc([N+](=O)[O-])ccc2s1. The van der Waals surface area contributed by atoms with E-state index in [0.717, 1.165) is 4.70 Å². The molecule has 110 valence electrons. The van der Waals surface area contributed by atoms with E-state index in [1.807, 2.05) is 0 Å². The second-order valence-corrected chi connectivity index (χ2v) is 5.67. The molecule has 2 N–H and O–H groups in total. The quantitative estimate of drug-likeness (QED) is 0.644. The van der Waals surface area contributed by atoms with Crippen molar-refractivity contribution in [2.24, 2.45) is 0 Å². The highest BCUT2D eigenvalue weighted by molar-refractivity contribution is 7.22. The van der Waals surface area contributed by atoms with E-state index in [0.29, 0.717) is 30.3 Å². The summed E-state index contributed by atoms with van der Waals surface area (Å²) >= 11 is 1.35. The first-order valence-electron chi connectivity index (χ1n) is 6.31. The molecule has 2 aromatic rings. The molecular formula is C12H12N4O4S. The molecule has 21 heavy (non-hydrogen) atoms. The zero-order valence-corrected chi connectivity index (χ0v) is 11.7. The second-order valence-electron chi connectivity index (χ2n) is 4.66. The Morgan fingerprint density at radius 2 is 2.38 bits per heavy atom. The highest BCUT2D eigenvalue weighted by atomic mass is 32.1. The largest absolute Gasteiger partial charge is 0.480 e. The minimum absolute atomic E-state index is 0.0190. The Bertz CT molecular complexity index is 716. The van der Waals surface area contributed by atoms with Crippen LogP contribution in [0.1, 0.15) is 0 Å². The van der Waals surface area contributed by atoms with E-state index in [-0.39, 0.29) is 5.69 Å². The number of aliphatic carboxylic acids is 1. The van der Waals surface area contributed by atoms with Crippen LogP contribution in [0.15, 0.2) is 18.2 Å². The summed E-state index contributed by atoms with van der Waals surface area (Å²) in [6.45, 7) is 1.57. The van der Waals surface area contributed by atoms with E-state index in [4.69, 9.17) is 0 Å². The van der Waals surface area contributed by atoms with Crippen molar-refractivity contribution >= 4 is 38.3 Å². The lowest BCUT2D eigenvalue weighted by molar-refractivity contribution is -0.384. The van der Waals surface area contributed by atoms with Gasteiger partial charge in [-0.3, -0.25) is 10.1 Å². The molecule has 1 aliphatic rings. The summed E-state index contributed by atoms with van der Waals surface area (Å²) in [5, 5.41) is 23.7. The molecule has 1 fully saturated rings. The number of piperazine rings is 1. The molecule has 0 radical (unpaired) electrons. The summed E-state index contributed by atoms with van der Waals surface area (Å²) in [7, 11) is 0. The maximum Gasteiger partial charge on any atom is 0.327 e. The highest BCUT2D eigenvalue weighted by Crippen LogP contribution is 2.32. The molecule has 1 aromatic heterocycles. The number of carboxylic acids is 1. The average Bonchev–Trinajstić information content (AvgIpc) is 2.89. The molecule has 1 saturated heterocycles. The summed E-state index contributed by atoms with van der Waals surface area (Å²) in [4.78, 5) is 27.7. The minimum Gasteiger partial charge on any atom is -0.480 e. The van der Waals surface area contributed by atoms with Crippen LogP contribution in [0.25, 0.3) is 10.2 Å². The van der Waals surface area contributed by atoms with E-state index < -0.39 is 16.9 Å². The summed E-state index contributed by atoms with van der Waals surface area (Å²) in [5.74, 6) is -0.910. The van der Waals surface area contributed by atoms with Crippen molar-refractivity contribution in [1.82, 2.24) is 10.3 Å². The third-order valence-electron chi connectivity index (χ3n) is 3.34. The van der Waals surface area contributed by atoms with Gasteiger partial charge in [-0.1, -0.05) is 11.3 Å². The van der Waals surface area contributed by atoms with Crippen LogP contribution in [0.2, 0.25) is 0 Å². The van der Waals surface area contributed by atoms with Crippen LogP contribution < -0.4 is 10.2 Å². The van der Waals surface area contributed by atoms with E-state index >= 15 is 0 Å². The van der Waals surface area contributed by atoms with Crippen LogP contribution in [-0.4, -0.2) is 46.7 Å². The number of hydrogen-bond donors (Lipinski definition) is 2. The number of rotatable bonds is 3. The number of nitro benzene ring substituents is 1. The van der Waals surface area contributed by atoms with Crippen molar-refractivity contribution in [3.63, 3.8) is 0 Å². The average molecular weight is 308 g/mol. The first-order chi connectivity index (χ1) is 10.1. The Hall–Kier alpha value is -2.26. The minimum atomic E-state index is -0.910. The topological polar surface area (TPSA) is 109 Å². The molecular weight excluding hydrogens is 296 g/mol. The van der Waals surface area contributed by atoms with Gasteiger partial charge in [0.15, 0.2) is 5.13 Å². The van der Waals surface area contributed by atoms with Crippen LogP contribution >= 0.6 is 11.3 Å². The predicted octanol–water partition coefficient (Wildman–Crippen LogP) is 1.07. The fourth-order valence-electron chi connectivity index (χ4n) is 2.29. The molecule has 0 saturated carbocycles. The number of carbonyl (C=O) groups is 1. The number of thiazole rings is 1. The third-order valence-corrected chi connectivity index (χ3v) is 4.42. The van der Waals surface area contributed by atoms with E-state index in [1.54, 1.807) is 11.0 Å². The van der Waals surface area contributed by atoms with Gasteiger partial charge < -0.3 is 15.3 Å². The number of aromatic nitrogens is 1. The number of fused-ring (bicyclic) bond motifs is 1. The number of benzene rings is 1. The Kier molecular flexibility index (Phi) is 3.43. The maximum absolute atomic E-state index is 11.3. The molecule has 8 nitrogen and oxygen atoms in total. The molecule has 0 amide bonds. The monoisotopic (exact) mass is 308 g/mol. The van der Waals surface area contributed by atoms with Gasteiger partial charge in [0.25, 0.3) is 5.69 Å². The molecule has 1 atom stereocenters. The molecule has 1 aromatic carbocycles. The number of hydrogen-bond acceptors (Lipinski definition) is 7. The Balaban J connectivity index is 1.99. The van der Waals surface area contributed by atoms with Gasteiger partial charge in [-0.2, -0.15) is 0 Å². The number of anilines is 1. The van der Waals surface area contributed by atoms with Gasteiger partial charge in [-0.15, -0.1) is 0 Å². The van der Waals surface area contributed by atoms with E-state index in [1.165, 1.54) is 23.5 Å². The standard InChI is InChI=1S/C12H12N4O4S/c17-11(18)9-6-13-3-4-15(9)12-14-8-5-7(16(19)20)1-2-10(8)21-12/h1-2,5,9,13H,3-4,6H2,(H,17,18). The predicted molar refractivity (Wildman–Crippen MR) is 77.9 cm³/mol. The molecule has 2 heterocycles. The number of non-ortho nitro benzene ring substituents is 1. The van der Waals surface area contributed by atoms with Crippen molar-refractivity contribution in [2.45, 2.75) is 6.04 Å². The zero-order chi connectivity index (χ0) is 15.0. The van der Waals surface area contributed by atoms with Gasteiger partial charge in [0.2, 0.25) is 0 Å². The Labute approximate surface area is 123 Å². The molecule has 0 bridgehead atoms. The van der Waals surface area contributed by atoms with Gasteiger partial charge in [0.05, 0.1) is 15.1 Å². The molecule has 9 heteroatoms. The number of nitrogens with one attached hydrogen (secondary N) is 1. The van der Waals surface area contributed by atoms with Gasteiger partial charge >= 0.3 is 5.97 Å². The van der Waals surface area contributed by atoms with Crippen molar-refractivity contribution < 1.29 is 14.8 Å². The second kappa shape index (κ2) is 5.26. The van der Waals surface area contributed by atoms with Crippen LogP contribution in [0.5, 0.6) is 0 Å². The molecule has 1 aliphatic heterocycles.